The first kappa shape index (κ1) is 17.8. The molecule has 6 heteroatoms. The molecule has 0 aliphatic rings. The van der Waals surface area contributed by atoms with E-state index in [-0.39, 0.29) is 48.9 Å². The number of rotatable bonds is 8. The second-order valence-corrected chi connectivity index (χ2v) is 4.44. The summed E-state index contributed by atoms with van der Waals surface area (Å²) >= 11 is 0. The van der Waals surface area contributed by atoms with Crippen LogP contribution in [0.3, 0.4) is 0 Å². The highest BCUT2D eigenvalue weighted by Gasteiger charge is 2.11. The van der Waals surface area contributed by atoms with Gasteiger partial charge in [-0.2, -0.15) is 0 Å². The zero-order valence-electron chi connectivity index (χ0n) is 12.1. The minimum atomic E-state index is -0.382. The lowest BCUT2D eigenvalue weighted by atomic mass is 10.1. The Balaban J connectivity index is 3.15. The summed E-state index contributed by atoms with van der Waals surface area (Å²) < 4.78 is 5.56. The van der Waals surface area contributed by atoms with Gasteiger partial charge in [0.25, 0.3) is 0 Å². The Kier molecular flexibility index (Phi) is 7.18. The molecule has 0 aliphatic heterocycles. The number of allylic oxidation sites excluding steroid dienone is 1. The van der Waals surface area contributed by atoms with Gasteiger partial charge in [0, 0.05) is 23.3 Å². The normalized spacial score (nSPS) is 12.3. The summed E-state index contributed by atoms with van der Waals surface area (Å²) in [5.74, 6) is 0.505. The van der Waals surface area contributed by atoms with E-state index < -0.39 is 0 Å². The fourth-order valence-corrected chi connectivity index (χ4v) is 1.79. The summed E-state index contributed by atoms with van der Waals surface area (Å²) in [6.45, 7) is 2.66. The van der Waals surface area contributed by atoms with Crippen LogP contribution < -0.4 is 4.74 Å². The van der Waals surface area contributed by atoms with Crippen molar-refractivity contribution in [3.05, 3.63) is 59.6 Å². The molecule has 0 saturated carbocycles. The zero-order chi connectivity index (χ0) is 16.5. The first-order valence-electron chi connectivity index (χ1n) is 6.62. The van der Waals surface area contributed by atoms with Crippen LogP contribution in [0.15, 0.2) is 48.5 Å². The molecule has 0 amide bonds. The molecular weight excluding hydrogens is 288 g/mol. The first-order chi connectivity index (χ1) is 10.6. The van der Waals surface area contributed by atoms with Crippen LogP contribution in [0.25, 0.3) is 0 Å². The van der Waals surface area contributed by atoms with Crippen molar-refractivity contribution in [1.29, 1.82) is 0 Å². The maximum atomic E-state index is 9.92. The van der Waals surface area contributed by atoms with E-state index in [2.05, 4.69) is 6.58 Å². The lowest BCUT2D eigenvalue weighted by molar-refractivity contribution is 0.272. The van der Waals surface area contributed by atoms with E-state index in [0.29, 0.717) is 11.3 Å². The predicted molar refractivity (Wildman–Crippen MR) is 81.5 cm³/mol. The highest BCUT2D eigenvalue weighted by Crippen LogP contribution is 2.30. The maximum Gasteiger partial charge on any atom is 0.128 e. The number of ether oxygens (including phenoxy) is 1. The van der Waals surface area contributed by atoms with Gasteiger partial charge in [-0.05, 0) is 30.7 Å². The van der Waals surface area contributed by atoms with E-state index in [1.54, 1.807) is 0 Å². The molecule has 0 bridgehead atoms. The molecule has 0 spiro atoms. The molecule has 1 rings (SSSR count). The van der Waals surface area contributed by atoms with Crippen molar-refractivity contribution >= 4 is 0 Å². The van der Waals surface area contributed by atoms with Crippen LogP contribution >= 0.6 is 0 Å². The standard InChI is InChI=1S/C16H20O6/c1-2-14(5-11(8-18)9-19)22-15-6-12(3-4-17)16(21)13(7-15)10-20/h2,5-8,17-21H,1,3-4,9-10H2/b11-8-,14-5+. The average molecular weight is 308 g/mol. The van der Waals surface area contributed by atoms with E-state index in [1.807, 2.05) is 0 Å². The van der Waals surface area contributed by atoms with Gasteiger partial charge in [-0.3, -0.25) is 0 Å². The third-order valence-electron chi connectivity index (χ3n) is 2.91. The topological polar surface area (TPSA) is 110 Å². The van der Waals surface area contributed by atoms with E-state index in [9.17, 15) is 10.2 Å². The van der Waals surface area contributed by atoms with E-state index in [4.69, 9.17) is 20.1 Å². The summed E-state index contributed by atoms with van der Waals surface area (Å²) in [6, 6.07) is 2.98. The van der Waals surface area contributed by atoms with Crippen LogP contribution in [0, 0.1) is 0 Å². The van der Waals surface area contributed by atoms with E-state index in [0.717, 1.165) is 6.26 Å². The lowest BCUT2D eigenvalue weighted by Crippen LogP contribution is -2.00. The zero-order valence-corrected chi connectivity index (χ0v) is 12.1. The molecule has 0 aromatic heterocycles. The SMILES string of the molecule is C=C/C(=C\C(=C\O)CO)Oc1cc(CO)c(O)c(CCO)c1. The van der Waals surface area contributed by atoms with Crippen molar-refractivity contribution in [2.24, 2.45) is 0 Å². The maximum absolute atomic E-state index is 9.92. The molecule has 0 saturated heterocycles. The summed E-state index contributed by atoms with van der Waals surface area (Å²) in [5, 5.41) is 46.1. The van der Waals surface area contributed by atoms with Gasteiger partial charge >= 0.3 is 0 Å². The summed E-state index contributed by atoms with van der Waals surface area (Å²) in [7, 11) is 0. The molecule has 0 atom stereocenters. The molecule has 0 heterocycles. The summed E-state index contributed by atoms with van der Waals surface area (Å²) in [5.41, 5.74) is 0.934. The van der Waals surface area contributed by atoms with Gasteiger partial charge in [-0.15, -0.1) is 0 Å². The Morgan fingerprint density at radius 3 is 2.36 bits per heavy atom. The number of hydrogen-bond donors (Lipinski definition) is 5. The molecule has 1 aromatic carbocycles. The van der Waals surface area contributed by atoms with Crippen LogP contribution in [0.4, 0.5) is 0 Å². The second-order valence-electron chi connectivity index (χ2n) is 4.44. The van der Waals surface area contributed by atoms with Crippen molar-refractivity contribution in [2.75, 3.05) is 13.2 Å². The fourth-order valence-electron chi connectivity index (χ4n) is 1.79. The van der Waals surface area contributed by atoms with E-state index >= 15 is 0 Å². The molecular formula is C16H20O6. The van der Waals surface area contributed by atoms with Crippen molar-refractivity contribution in [3.8, 4) is 11.5 Å². The quantitative estimate of drug-likeness (QED) is 0.366. The second kappa shape index (κ2) is 8.89. The Morgan fingerprint density at radius 2 is 1.86 bits per heavy atom. The van der Waals surface area contributed by atoms with Crippen LogP contribution in [0.5, 0.6) is 11.5 Å². The largest absolute Gasteiger partial charge is 0.515 e. The minimum absolute atomic E-state index is 0.0840. The van der Waals surface area contributed by atoms with Gasteiger partial charge < -0.3 is 30.3 Å². The number of hydrogen-bond acceptors (Lipinski definition) is 6. The number of aromatic hydroxyl groups is 1. The van der Waals surface area contributed by atoms with Crippen LogP contribution in [-0.4, -0.2) is 38.7 Å². The monoisotopic (exact) mass is 308 g/mol. The molecule has 0 aliphatic carbocycles. The summed E-state index contributed by atoms with van der Waals surface area (Å²) in [4.78, 5) is 0. The molecule has 120 valence electrons. The van der Waals surface area contributed by atoms with Crippen LogP contribution in [0.1, 0.15) is 11.1 Å². The third kappa shape index (κ3) is 4.63. The van der Waals surface area contributed by atoms with Gasteiger partial charge in [-0.25, -0.2) is 0 Å². The fraction of sp³-hybridized carbons (Fsp3) is 0.250. The molecule has 5 N–H and O–H groups in total. The number of phenols is 1. The molecule has 0 radical (unpaired) electrons. The molecule has 1 aromatic rings. The predicted octanol–water partition coefficient (Wildman–Crippen LogP) is 1.30. The number of aliphatic hydroxyl groups excluding tert-OH is 4. The van der Waals surface area contributed by atoms with E-state index in [1.165, 1.54) is 24.3 Å². The van der Waals surface area contributed by atoms with Gasteiger partial charge in [0.05, 0.1) is 19.5 Å². The Hall–Kier alpha value is -2.28. The molecule has 22 heavy (non-hydrogen) atoms. The number of benzene rings is 1. The first-order valence-corrected chi connectivity index (χ1v) is 6.62. The van der Waals surface area contributed by atoms with Gasteiger partial charge in [0.15, 0.2) is 0 Å². The van der Waals surface area contributed by atoms with Gasteiger partial charge in [0.1, 0.15) is 17.3 Å². The van der Waals surface area contributed by atoms with Crippen molar-refractivity contribution in [3.63, 3.8) is 0 Å². The lowest BCUT2D eigenvalue weighted by Gasteiger charge is -2.13. The smallest absolute Gasteiger partial charge is 0.128 e. The average Bonchev–Trinajstić information content (AvgIpc) is 2.54. The molecule has 0 fully saturated rings. The molecule has 0 unspecified atom stereocenters. The highest BCUT2D eigenvalue weighted by atomic mass is 16.5. The van der Waals surface area contributed by atoms with Crippen molar-refractivity contribution in [1.82, 2.24) is 0 Å². The summed E-state index contributed by atoms with van der Waals surface area (Å²) in [6.07, 6.45) is 3.74. The highest BCUT2D eigenvalue weighted by molar-refractivity contribution is 5.47. The van der Waals surface area contributed by atoms with Gasteiger partial charge in [0.2, 0.25) is 0 Å². The molecule has 6 nitrogen and oxygen atoms in total. The minimum Gasteiger partial charge on any atom is -0.515 e. The number of aliphatic hydroxyl groups is 4. The van der Waals surface area contributed by atoms with Gasteiger partial charge in [-0.1, -0.05) is 6.58 Å². The van der Waals surface area contributed by atoms with Crippen LogP contribution in [0.2, 0.25) is 0 Å². The Labute approximate surface area is 128 Å². The Morgan fingerprint density at radius 1 is 1.18 bits per heavy atom. The van der Waals surface area contributed by atoms with Crippen molar-refractivity contribution < 1.29 is 30.3 Å². The van der Waals surface area contributed by atoms with Crippen LogP contribution in [-0.2, 0) is 13.0 Å². The third-order valence-corrected chi connectivity index (χ3v) is 2.91. The van der Waals surface area contributed by atoms with Crippen molar-refractivity contribution in [2.45, 2.75) is 13.0 Å². The Bertz CT molecular complexity index is 574.